The molecule has 0 bridgehead atoms. The highest BCUT2D eigenvalue weighted by molar-refractivity contribution is 6.34. The van der Waals surface area contributed by atoms with Crippen molar-refractivity contribution < 1.29 is 9.59 Å². The molecule has 1 aliphatic heterocycles. The van der Waals surface area contributed by atoms with Gasteiger partial charge in [-0.15, -0.1) is 0 Å². The highest BCUT2D eigenvalue weighted by Crippen LogP contribution is 2.24. The van der Waals surface area contributed by atoms with E-state index in [1.54, 1.807) is 12.3 Å². The van der Waals surface area contributed by atoms with Gasteiger partial charge >= 0.3 is 0 Å². The van der Waals surface area contributed by atoms with Crippen LogP contribution in [0.5, 0.6) is 0 Å². The number of halogens is 1. The van der Waals surface area contributed by atoms with Crippen LogP contribution in [0.4, 0.5) is 17.3 Å². The van der Waals surface area contributed by atoms with Gasteiger partial charge in [0.2, 0.25) is 5.95 Å². The smallest absolute Gasteiger partial charge is 0.262 e. The maximum absolute atomic E-state index is 13.1. The van der Waals surface area contributed by atoms with E-state index >= 15 is 0 Å². The lowest BCUT2D eigenvalue weighted by atomic mass is 10.1. The molecular weight excluding hydrogens is 570 g/mol. The number of aromatic nitrogens is 3. The Balaban J connectivity index is 1.20. The molecule has 12 nitrogen and oxygen atoms in total. The first kappa shape index (κ1) is 30.0. The van der Waals surface area contributed by atoms with Gasteiger partial charge in [0.15, 0.2) is 0 Å². The summed E-state index contributed by atoms with van der Waals surface area (Å²) in [4.78, 5) is 54.7. The van der Waals surface area contributed by atoms with Crippen LogP contribution in [0.15, 0.2) is 59.5 Å². The molecule has 224 valence electrons. The fraction of sp³-hybridized carbons (Fsp3) is 0.300. The maximum Gasteiger partial charge on any atom is 0.262 e. The number of hydrogen-bond acceptors (Lipinski definition) is 9. The number of piperazine rings is 1. The van der Waals surface area contributed by atoms with E-state index in [4.69, 9.17) is 17.3 Å². The number of amides is 2. The summed E-state index contributed by atoms with van der Waals surface area (Å²) in [5.74, 6) is -0.629. The van der Waals surface area contributed by atoms with Crippen LogP contribution in [-0.2, 0) is 6.42 Å². The van der Waals surface area contributed by atoms with Gasteiger partial charge in [0, 0.05) is 68.6 Å². The number of fused-ring (bicyclic) bond motifs is 1. The van der Waals surface area contributed by atoms with Gasteiger partial charge in [0.25, 0.3) is 17.4 Å². The molecule has 0 atom stereocenters. The van der Waals surface area contributed by atoms with Gasteiger partial charge in [-0.25, -0.2) is 4.98 Å². The third kappa shape index (κ3) is 7.66. The van der Waals surface area contributed by atoms with Crippen LogP contribution in [0.1, 0.15) is 26.3 Å². The number of anilines is 3. The van der Waals surface area contributed by atoms with Crippen LogP contribution in [0.25, 0.3) is 11.0 Å². The Morgan fingerprint density at radius 3 is 2.63 bits per heavy atom. The Hall–Kier alpha value is -4.52. The predicted molar refractivity (Wildman–Crippen MR) is 169 cm³/mol. The van der Waals surface area contributed by atoms with Crippen LogP contribution in [0.3, 0.4) is 0 Å². The van der Waals surface area contributed by atoms with Gasteiger partial charge in [-0.3, -0.25) is 19.3 Å². The fourth-order valence-corrected chi connectivity index (χ4v) is 4.94. The molecule has 1 fully saturated rings. The standard InChI is InChI=1S/C30H34ClN9O3/c1-39-12-14-40(15-13-39)11-10-34-30-35-18-21-16-22(29(43)37-26(21)38-30)28(42)36-25-17-20(6-7-23(25)31)27(41)33-9-8-19-4-2-3-5-24(19)32/h2-7,16-18H,8-15,32H2,1H3,(H,33,41)(H,36,42)(H2,34,35,37,38,43). The molecule has 3 heterocycles. The first-order valence-corrected chi connectivity index (χ1v) is 14.4. The zero-order chi connectivity index (χ0) is 30.3. The molecule has 2 aromatic carbocycles. The minimum atomic E-state index is -0.684. The van der Waals surface area contributed by atoms with Gasteiger partial charge < -0.3 is 31.6 Å². The van der Waals surface area contributed by atoms with E-state index in [2.05, 4.69) is 47.7 Å². The third-order valence-corrected chi connectivity index (χ3v) is 7.69. The van der Waals surface area contributed by atoms with Crippen molar-refractivity contribution in [3.63, 3.8) is 0 Å². The highest BCUT2D eigenvalue weighted by atomic mass is 35.5. The number of para-hydroxylation sites is 1. The number of carbonyl (C=O) groups excluding carboxylic acids is 2. The van der Waals surface area contributed by atoms with E-state index in [0.717, 1.165) is 38.3 Å². The number of carbonyl (C=O) groups is 2. The minimum absolute atomic E-state index is 0.141. The van der Waals surface area contributed by atoms with Gasteiger partial charge in [-0.05, 0) is 49.4 Å². The molecule has 6 N–H and O–H groups in total. The van der Waals surface area contributed by atoms with E-state index in [1.807, 2.05) is 24.3 Å². The molecule has 0 spiro atoms. The average molecular weight is 604 g/mol. The Kier molecular flexibility index (Phi) is 9.50. The van der Waals surface area contributed by atoms with Crippen molar-refractivity contribution in [2.24, 2.45) is 0 Å². The monoisotopic (exact) mass is 603 g/mol. The van der Waals surface area contributed by atoms with Crippen LogP contribution in [-0.4, -0.2) is 89.4 Å². The van der Waals surface area contributed by atoms with Crippen molar-refractivity contribution in [3.8, 4) is 0 Å². The molecular formula is C30H34ClN9O3. The Morgan fingerprint density at radius 1 is 1.05 bits per heavy atom. The number of benzene rings is 2. The van der Waals surface area contributed by atoms with Crippen LogP contribution < -0.4 is 27.2 Å². The number of pyridine rings is 1. The zero-order valence-electron chi connectivity index (χ0n) is 23.8. The number of nitrogens with zero attached hydrogens (tertiary/aromatic N) is 4. The second-order valence-corrected chi connectivity index (χ2v) is 10.8. The van der Waals surface area contributed by atoms with Crippen molar-refractivity contribution in [2.45, 2.75) is 6.42 Å². The summed E-state index contributed by atoms with van der Waals surface area (Å²) in [5, 5.41) is 9.39. The molecule has 1 aliphatic rings. The molecule has 0 radical (unpaired) electrons. The number of hydrogen-bond donors (Lipinski definition) is 5. The molecule has 2 amide bonds. The molecule has 1 saturated heterocycles. The van der Waals surface area contributed by atoms with Crippen LogP contribution in [0, 0.1) is 0 Å². The van der Waals surface area contributed by atoms with E-state index in [-0.39, 0.29) is 22.2 Å². The SMILES string of the molecule is CN1CCN(CCNc2ncc3cc(C(=O)Nc4cc(C(=O)NCCc5ccccc5N)ccc4Cl)c(=O)[nH]c3n2)CC1. The van der Waals surface area contributed by atoms with Gasteiger partial charge in [0.05, 0.1) is 10.7 Å². The van der Waals surface area contributed by atoms with Crippen molar-refractivity contribution in [1.82, 2.24) is 30.1 Å². The van der Waals surface area contributed by atoms with E-state index < -0.39 is 11.5 Å². The number of H-pyrrole nitrogens is 1. The molecule has 0 unspecified atom stereocenters. The Morgan fingerprint density at radius 2 is 1.84 bits per heavy atom. The lowest BCUT2D eigenvalue weighted by Crippen LogP contribution is -2.45. The molecule has 13 heteroatoms. The van der Waals surface area contributed by atoms with E-state index in [0.29, 0.717) is 47.7 Å². The summed E-state index contributed by atoms with van der Waals surface area (Å²) < 4.78 is 0. The van der Waals surface area contributed by atoms with Gasteiger partial charge in [-0.2, -0.15) is 4.98 Å². The normalized spacial score (nSPS) is 14.0. The highest BCUT2D eigenvalue weighted by Gasteiger charge is 2.17. The van der Waals surface area contributed by atoms with Crippen LogP contribution in [0.2, 0.25) is 5.02 Å². The number of aromatic amines is 1. The molecule has 0 saturated carbocycles. The van der Waals surface area contributed by atoms with Crippen molar-refractivity contribution in [1.29, 1.82) is 0 Å². The quantitative estimate of drug-likeness (QED) is 0.171. The Bertz CT molecular complexity index is 1690. The predicted octanol–water partition coefficient (Wildman–Crippen LogP) is 2.44. The number of nitrogens with two attached hydrogens (primary N) is 1. The minimum Gasteiger partial charge on any atom is -0.399 e. The van der Waals surface area contributed by atoms with E-state index in [1.165, 1.54) is 18.2 Å². The number of likely N-dealkylation sites (N-methyl/N-ethyl adjacent to an activating group) is 1. The lowest BCUT2D eigenvalue weighted by Gasteiger charge is -2.32. The molecule has 4 aromatic rings. The van der Waals surface area contributed by atoms with Crippen molar-refractivity contribution in [3.05, 3.63) is 86.8 Å². The zero-order valence-corrected chi connectivity index (χ0v) is 24.6. The molecule has 5 rings (SSSR count). The molecule has 2 aromatic heterocycles. The average Bonchev–Trinajstić information content (AvgIpc) is 2.99. The third-order valence-electron chi connectivity index (χ3n) is 7.36. The maximum atomic E-state index is 13.1. The summed E-state index contributed by atoms with van der Waals surface area (Å²) in [6, 6.07) is 13.4. The van der Waals surface area contributed by atoms with Crippen molar-refractivity contribution in [2.75, 3.05) is 69.2 Å². The fourth-order valence-electron chi connectivity index (χ4n) is 4.77. The van der Waals surface area contributed by atoms with Gasteiger partial charge in [-0.1, -0.05) is 29.8 Å². The first-order valence-electron chi connectivity index (χ1n) is 14.0. The van der Waals surface area contributed by atoms with E-state index in [9.17, 15) is 14.4 Å². The summed E-state index contributed by atoms with van der Waals surface area (Å²) in [6.45, 7) is 6.02. The second-order valence-electron chi connectivity index (χ2n) is 10.4. The summed E-state index contributed by atoms with van der Waals surface area (Å²) in [6.07, 6.45) is 2.12. The second kappa shape index (κ2) is 13.6. The molecule has 43 heavy (non-hydrogen) atoms. The topological polar surface area (TPSA) is 161 Å². The number of rotatable bonds is 10. The summed E-state index contributed by atoms with van der Waals surface area (Å²) in [5.41, 5.74) is 7.62. The molecule has 0 aliphatic carbocycles. The van der Waals surface area contributed by atoms with Crippen LogP contribution >= 0.6 is 11.6 Å². The first-order chi connectivity index (χ1) is 20.8. The number of nitrogens with one attached hydrogen (secondary N) is 4. The Labute approximate surface area is 253 Å². The number of nitrogen functional groups attached to an aromatic ring is 1. The largest absolute Gasteiger partial charge is 0.399 e. The summed E-state index contributed by atoms with van der Waals surface area (Å²) in [7, 11) is 2.12. The summed E-state index contributed by atoms with van der Waals surface area (Å²) >= 11 is 6.31. The van der Waals surface area contributed by atoms with Crippen molar-refractivity contribution >= 4 is 51.8 Å². The lowest BCUT2D eigenvalue weighted by molar-refractivity contribution is 0.0952. The van der Waals surface area contributed by atoms with Gasteiger partial charge in [0.1, 0.15) is 11.2 Å².